The molecule has 0 radical (unpaired) electrons. The van der Waals surface area contributed by atoms with Crippen LogP contribution in [-0.2, 0) is 0 Å². The monoisotopic (exact) mass is 355 g/mol. The summed E-state index contributed by atoms with van der Waals surface area (Å²) in [6, 6.07) is 10.0. The highest BCUT2D eigenvalue weighted by atomic mass is 35.5. The van der Waals surface area contributed by atoms with Gasteiger partial charge in [0.1, 0.15) is 0 Å². The Morgan fingerprint density at radius 3 is 2.87 bits per heavy atom. The Bertz CT molecular complexity index is 645. The predicted molar refractivity (Wildman–Crippen MR) is 98.8 cm³/mol. The molecule has 23 heavy (non-hydrogen) atoms. The minimum absolute atomic E-state index is 0. The van der Waals surface area contributed by atoms with Gasteiger partial charge in [0, 0.05) is 36.3 Å². The van der Waals surface area contributed by atoms with E-state index in [-0.39, 0.29) is 30.7 Å². The van der Waals surface area contributed by atoms with Crippen LogP contribution in [0.2, 0.25) is 0 Å². The Labute approximate surface area is 149 Å². The van der Waals surface area contributed by atoms with E-state index in [0.717, 1.165) is 48.9 Å². The number of hydrogen-bond acceptors (Lipinski definition) is 3. The number of carbonyl (C=O) groups excluding carboxylic acids is 1. The maximum Gasteiger partial charge on any atom is 0.254 e. The van der Waals surface area contributed by atoms with Gasteiger partial charge in [-0.2, -0.15) is 0 Å². The van der Waals surface area contributed by atoms with E-state index in [1.165, 1.54) is 0 Å². The third-order valence-electron chi connectivity index (χ3n) is 4.05. The average Bonchev–Trinajstić information content (AvgIpc) is 3.05. The largest absolute Gasteiger partial charge is 0.334 e. The number of carbonyl (C=O) groups is 1. The van der Waals surface area contributed by atoms with Gasteiger partial charge in [-0.25, -0.2) is 0 Å². The van der Waals surface area contributed by atoms with Crippen molar-refractivity contribution in [1.29, 1.82) is 0 Å². The molecule has 1 fully saturated rings. The van der Waals surface area contributed by atoms with Gasteiger partial charge in [0.05, 0.1) is 5.52 Å². The fourth-order valence-corrected chi connectivity index (χ4v) is 2.97. The quantitative estimate of drug-likeness (QED) is 0.914. The number of aromatic nitrogens is 1. The van der Waals surface area contributed by atoms with Crippen LogP contribution in [0.25, 0.3) is 10.9 Å². The summed E-state index contributed by atoms with van der Waals surface area (Å²) in [5.74, 6) is 0.135. The third kappa shape index (κ3) is 4.34. The fourth-order valence-electron chi connectivity index (χ4n) is 2.97. The van der Waals surface area contributed by atoms with Crippen molar-refractivity contribution >= 4 is 41.6 Å². The first-order valence-corrected chi connectivity index (χ1v) is 7.66. The predicted octanol–water partition coefficient (Wildman–Crippen LogP) is 3.29. The summed E-state index contributed by atoms with van der Waals surface area (Å²) < 4.78 is 0. The highest BCUT2D eigenvalue weighted by Crippen LogP contribution is 2.18. The van der Waals surface area contributed by atoms with E-state index < -0.39 is 0 Å². The first-order chi connectivity index (χ1) is 10.3. The molecule has 1 amide bonds. The number of hydrogen-bond donors (Lipinski definition) is 1. The number of nitrogens with one attached hydrogen (secondary N) is 1. The van der Waals surface area contributed by atoms with Gasteiger partial charge in [-0.3, -0.25) is 9.78 Å². The van der Waals surface area contributed by atoms with Gasteiger partial charge in [0.15, 0.2) is 0 Å². The lowest BCUT2D eigenvalue weighted by Crippen LogP contribution is -2.42. The zero-order valence-corrected chi connectivity index (χ0v) is 14.8. The minimum atomic E-state index is 0. The van der Waals surface area contributed by atoms with Crippen LogP contribution in [-0.4, -0.2) is 41.5 Å². The van der Waals surface area contributed by atoms with Crippen LogP contribution in [0.3, 0.4) is 0 Å². The summed E-state index contributed by atoms with van der Waals surface area (Å²) in [4.78, 5) is 19.2. The van der Waals surface area contributed by atoms with Gasteiger partial charge in [0.2, 0.25) is 0 Å². The Morgan fingerprint density at radius 2 is 2.17 bits per heavy atom. The Kier molecular flexibility index (Phi) is 7.76. The van der Waals surface area contributed by atoms with Gasteiger partial charge < -0.3 is 10.2 Å². The first kappa shape index (κ1) is 19.7. The summed E-state index contributed by atoms with van der Waals surface area (Å²) >= 11 is 0. The van der Waals surface area contributed by atoms with Gasteiger partial charge in [0.25, 0.3) is 5.91 Å². The molecule has 3 rings (SSSR count). The molecule has 6 heteroatoms. The molecule has 126 valence electrons. The van der Waals surface area contributed by atoms with Crippen molar-refractivity contribution in [2.75, 3.05) is 19.6 Å². The van der Waals surface area contributed by atoms with Crippen molar-refractivity contribution in [2.45, 2.75) is 25.8 Å². The molecule has 2 aromatic rings. The highest BCUT2D eigenvalue weighted by Gasteiger charge is 2.26. The number of pyridine rings is 1. The van der Waals surface area contributed by atoms with E-state index in [1.807, 2.05) is 35.2 Å². The molecule has 4 nitrogen and oxygen atoms in total. The molecule has 1 aromatic carbocycles. The maximum atomic E-state index is 12.8. The molecule has 1 aliphatic rings. The van der Waals surface area contributed by atoms with Gasteiger partial charge in [-0.15, -0.1) is 24.8 Å². The first-order valence-electron chi connectivity index (χ1n) is 7.66. The summed E-state index contributed by atoms with van der Waals surface area (Å²) in [7, 11) is 0. The minimum Gasteiger partial charge on any atom is -0.334 e. The molecule has 2 heterocycles. The topological polar surface area (TPSA) is 45.2 Å². The van der Waals surface area contributed by atoms with Crippen molar-refractivity contribution in [3.63, 3.8) is 0 Å². The van der Waals surface area contributed by atoms with Crippen molar-refractivity contribution in [1.82, 2.24) is 15.2 Å². The number of fused-ring (bicyclic) bond motifs is 1. The van der Waals surface area contributed by atoms with E-state index >= 15 is 0 Å². The Hall–Kier alpha value is -1.36. The fraction of sp³-hybridized carbons (Fsp3) is 0.412. The molecule has 1 unspecified atom stereocenters. The van der Waals surface area contributed by atoms with E-state index in [9.17, 15) is 4.79 Å². The van der Waals surface area contributed by atoms with Crippen LogP contribution in [0.4, 0.5) is 0 Å². The van der Waals surface area contributed by atoms with E-state index in [4.69, 9.17) is 0 Å². The Morgan fingerprint density at radius 1 is 1.35 bits per heavy atom. The number of nitrogens with zero attached hydrogens (tertiary/aromatic N) is 2. The van der Waals surface area contributed by atoms with Crippen LogP contribution in [0.5, 0.6) is 0 Å². The second kappa shape index (κ2) is 9.06. The molecule has 1 atom stereocenters. The van der Waals surface area contributed by atoms with Crippen LogP contribution < -0.4 is 5.32 Å². The second-order valence-electron chi connectivity index (χ2n) is 5.56. The molecule has 0 saturated carbocycles. The van der Waals surface area contributed by atoms with Gasteiger partial charge in [-0.05, 0) is 43.7 Å². The summed E-state index contributed by atoms with van der Waals surface area (Å²) in [5.41, 5.74) is 1.69. The molecular weight excluding hydrogens is 333 g/mol. The molecule has 1 N–H and O–H groups in total. The summed E-state index contributed by atoms with van der Waals surface area (Å²) in [6.45, 7) is 4.84. The molecule has 0 spiro atoms. The number of rotatable bonds is 4. The average molecular weight is 356 g/mol. The van der Waals surface area contributed by atoms with Gasteiger partial charge >= 0.3 is 0 Å². The highest BCUT2D eigenvalue weighted by molar-refractivity contribution is 5.98. The van der Waals surface area contributed by atoms with E-state index in [1.54, 1.807) is 6.20 Å². The van der Waals surface area contributed by atoms with Crippen molar-refractivity contribution in [2.24, 2.45) is 0 Å². The molecule has 0 aliphatic carbocycles. The molecule has 0 bridgehead atoms. The van der Waals surface area contributed by atoms with Crippen molar-refractivity contribution in [3.8, 4) is 0 Å². The van der Waals surface area contributed by atoms with E-state index in [2.05, 4.69) is 17.2 Å². The lowest BCUT2D eigenvalue weighted by atomic mass is 10.1. The SMILES string of the molecule is CCCN(C(=O)c1ccc2ncccc2c1)C1CCNC1.Cl.Cl. The van der Waals surface area contributed by atoms with Crippen LogP contribution in [0.1, 0.15) is 30.1 Å². The van der Waals surface area contributed by atoms with Crippen molar-refractivity contribution in [3.05, 3.63) is 42.1 Å². The summed E-state index contributed by atoms with van der Waals surface area (Å²) in [6.07, 6.45) is 3.80. The summed E-state index contributed by atoms with van der Waals surface area (Å²) in [5, 5.41) is 4.36. The van der Waals surface area contributed by atoms with E-state index in [0.29, 0.717) is 6.04 Å². The lowest BCUT2D eigenvalue weighted by molar-refractivity contribution is 0.0692. The number of halogens is 2. The van der Waals surface area contributed by atoms with Crippen LogP contribution in [0, 0.1) is 0 Å². The Balaban J connectivity index is 0.00000132. The smallest absolute Gasteiger partial charge is 0.254 e. The number of benzene rings is 1. The number of amides is 1. The standard InChI is InChI=1S/C17H21N3O.2ClH/c1-2-10-20(15-7-9-18-12-15)17(21)14-5-6-16-13(11-14)4-3-8-19-16;;/h3-6,8,11,15,18H,2,7,9-10,12H2,1H3;2*1H. The molecule has 1 aromatic heterocycles. The normalized spacial score (nSPS) is 16.5. The lowest BCUT2D eigenvalue weighted by Gasteiger charge is -2.28. The zero-order valence-electron chi connectivity index (χ0n) is 13.2. The maximum absolute atomic E-state index is 12.8. The van der Waals surface area contributed by atoms with Crippen molar-refractivity contribution < 1.29 is 4.79 Å². The third-order valence-corrected chi connectivity index (χ3v) is 4.05. The second-order valence-corrected chi connectivity index (χ2v) is 5.56. The van der Waals surface area contributed by atoms with Gasteiger partial charge in [-0.1, -0.05) is 13.0 Å². The van der Waals surface area contributed by atoms with Crippen LogP contribution >= 0.6 is 24.8 Å². The molecule has 1 saturated heterocycles. The van der Waals surface area contributed by atoms with Crippen LogP contribution in [0.15, 0.2) is 36.5 Å². The molecular formula is C17H23Cl2N3O. The zero-order chi connectivity index (χ0) is 14.7. The molecule has 1 aliphatic heterocycles.